The zero-order chi connectivity index (χ0) is 7.33. The van der Waals surface area contributed by atoms with Gasteiger partial charge < -0.3 is 20.4 Å². The van der Waals surface area contributed by atoms with Crippen LogP contribution in [0.3, 0.4) is 0 Å². The third kappa shape index (κ3) is 2.97. The van der Waals surface area contributed by atoms with Crippen molar-refractivity contribution in [1.82, 2.24) is 0 Å². The molecule has 4 nitrogen and oxygen atoms in total. The molecule has 62 valence electrons. The molecule has 0 aliphatic carbocycles. The van der Waals surface area contributed by atoms with Crippen LogP contribution in [0, 0.1) is 5.41 Å². The summed E-state index contributed by atoms with van der Waals surface area (Å²) in [5, 5.41) is 34.0. The van der Waals surface area contributed by atoms with Crippen LogP contribution in [0.15, 0.2) is 0 Å². The molecule has 0 aromatic carbocycles. The normalized spacial score (nSPS) is 10.8. The van der Waals surface area contributed by atoms with Crippen LogP contribution in [0.4, 0.5) is 0 Å². The number of hydrogen-bond acceptors (Lipinski definition) is 4. The summed E-state index contributed by atoms with van der Waals surface area (Å²) >= 11 is 0. The molecule has 0 bridgehead atoms. The molecule has 0 aliphatic rings. The van der Waals surface area contributed by atoms with Crippen molar-refractivity contribution in [2.75, 3.05) is 26.4 Å². The molecule has 0 aromatic rings. The van der Waals surface area contributed by atoms with Crippen LogP contribution >= 0.6 is 0 Å². The third-order valence-corrected chi connectivity index (χ3v) is 1.34. The lowest BCUT2D eigenvalue weighted by Gasteiger charge is -2.23. The number of aliphatic hydroxyl groups excluding tert-OH is 4. The van der Waals surface area contributed by atoms with E-state index < -0.39 is 31.8 Å². The molecule has 0 saturated heterocycles. The van der Waals surface area contributed by atoms with Crippen molar-refractivity contribution in [1.29, 1.82) is 0 Å². The molecular formula is C5H15AlO4. The molecule has 4 N–H and O–H groups in total. The highest BCUT2D eigenvalue weighted by Crippen LogP contribution is 2.11. The Morgan fingerprint density at radius 1 is 0.700 bits per heavy atom. The van der Waals surface area contributed by atoms with E-state index >= 15 is 0 Å². The molecule has 0 aromatic heterocycles. The molecular weight excluding hydrogens is 151 g/mol. The standard InChI is InChI=1S/C5H12O4.Al.3H/c6-1-5(2-7,3-8)4-9;;;;/h6-9H,1-4H2;;;;. The fourth-order valence-electron chi connectivity index (χ4n) is 0.300. The molecule has 0 amide bonds. The van der Waals surface area contributed by atoms with E-state index in [9.17, 15) is 0 Å². The van der Waals surface area contributed by atoms with Gasteiger partial charge in [-0.2, -0.15) is 0 Å². The quantitative estimate of drug-likeness (QED) is 0.331. The zero-order valence-electron chi connectivity index (χ0n) is 5.12. The Labute approximate surface area is 70.2 Å². The van der Waals surface area contributed by atoms with Crippen molar-refractivity contribution in [2.24, 2.45) is 5.41 Å². The summed E-state index contributed by atoms with van der Waals surface area (Å²) in [6.07, 6.45) is 0. The van der Waals surface area contributed by atoms with Crippen molar-refractivity contribution >= 4 is 17.4 Å². The zero-order valence-corrected chi connectivity index (χ0v) is 5.12. The number of hydrogen-bond donors (Lipinski definition) is 4. The lowest BCUT2D eigenvalue weighted by atomic mass is 9.93. The summed E-state index contributed by atoms with van der Waals surface area (Å²) in [4.78, 5) is 0. The summed E-state index contributed by atoms with van der Waals surface area (Å²) < 4.78 is 0. The van der Waals surface area contributed by atoms with E-state index in [-0.39, 0.29) is 17.4 Å². The molecule has 0 radical (unpaired) electrons. The molecule has 0 unspecified atom stereocenters. The summed E-state index contributed by atoms with van der Waals surface area (Å²) in [7, 11) is 0. The third-order valence-electron chi connectivity index (χ3n) is 1.34. The van der Waals surface area contributed by atoms with Gasteiger partial charge in [0.15, 0.2) is 17.4 Å². The van der Waals surface area contributed by atoms with Gasteiger partial charge in [0.05, 0.1) is 31.8 Å². The molecule has 0 heterocycles. The van der Waals surface area contributed by atoms with Gasteiger partial charge in [0.2, 0.25) is 0 Å². The van der Waals surface area contributed by atoms with Crippen LogP contribution in [-0.2, 0) is 0 Å². The van der Waals surface area contributed by atoms with Crippen LogP contribution in [0.25, 0.3) is 0 Å². The first kappa shape index (κ1) is 13.0. The van der Waals surface area contributed by atoms with Gasteiger partial charge in [-0.25, -0.2) is 0 Å². The van der Waals surface area contributed by atoms with Gasteiger partial charge in [-0.15, -0.1) is 0 Å². The first-order valence-electron chi connectivity index (χ1n) is 2.68. The second-order valence-electron chi connectivity index (χ2n) is 2.13. The monoisotopic (exact) mass is 166 g/mol. The minimum absolute atomic E-state index is 0. The van der Waals surface area contributed by atoms with E-state index in [1.165, 1.54) is 0 Å². The Hall–Kier alpha value is 0.372. The van der Waals surface area contributed by atoms with Gasteiger partial charge in [-0.1, -0.05) is 0 Å². The first-order chi connectivity index (χ1) is 4.24. The SMILES string of the molecule is OCC(CO)(CO)CO.[AlH3]. The van der Waals surface area contributed by atoms with E-state index in [0.717, 1.165) is 0 Å². The van der Waals surface area contributed by atoms with Gasteiger partial charge >= 0.3 is 0 Å². The topological polar surface area (TPSA) is 80.9 Å². The largest absolute Gasteiger partial charge is 0.396 e. The fraction of sp³-hybridized carbons (Fsp3) is 1.00. The summed E-state index contributed by atoms with van der Waals surface area (Å²) in [5.41, 5.74) is -1.11. The van der Waals surface area contributed by atoms with Crippen molar-refractivity contribution in [3.63, 3.8) is 0 Å². The van der Waals surface area contributed by atoms with Gasteiger partial charge in [-0.05, 0) is 0 Å². The Morgan fingerprint density at radius 3 is 0.900 bits per heavy atom. The maximum absolute atomic E-state index is 8.50. The molecule has 0 atom stereocenters. The summed E-state index contributed by atoms with van der Waals surface area (Å²) in [6, 6.07) is 0. The lowest BCUT2D eigenvalue weighted by molar-refractivity contribution is -0.0328. The molecule has 0 fully saturated rings. The Kier molecular flexibility index (Phi) is 7.94. The van der Waals surface area contributed by atoms with E-state index in [0.29, 0.717) is 0 Å². The smallest absolute Gasteiger partial charge is 0.187 e. The maximum atomic E-state index is 8.50. The van der Waals surface area contributed by atoms with Gasteiger partial charge in [0.1, 0.15) is 0 Å². The van der Waals surface area contributed by atoms with Gasteiger partial charge in [0, 0.05) is 0 Å². The van der Waals surface area contributed by atoms with E-state index in [2.05, 4.69) is 0 Å². The lowest BCUT2D eigenvalue weighted by Crippen LogP contribution is -2.37. The fourth-order valence-corrected chi connectivity index (χ4v) is 0.300. The molecule has 0 spiro atoms. The van der Waals surface area contributed by atoms with Crippen LogP contribution < -0.4 is 0 Å². The van der Waals surface area contributed by atoms with Gasteiger partial charge in [-0.3, -0.25) is 0 Å². The predicted molar refractivity (Wildman–Crippen MR) is 40.7 cm³/mol. The van der Waals surface area contributed by atoms with Crippen molar-refractivity contribution in [2.45, 2.75) is 0 Å². The Balaban J connectivity index is 0. The van der Waals surface area contributed by atoms with Crippen LogP contribution in [0.1, 0.15) is 0 Å². The highest BCUT2D eigenvalue weighted by molar-refractivity contribution is 5.75. The van der Waals surface area contributed by atoms with E-state index in [1.807, 2.05) is 0 Å². The van der Waals surface area contributed by atoms with Crippen molar-refractivity contribution < 1.29 is 20.4 Å². The molecule has 0 saturated carbocycles. The molecule has 10 heavy (non-hydrogen) atoms. The predicted octanol–water partition coefficient (Wildman–Crippen LogP) is -3.24. The summed E-state index contributed by atoms with van der Waals surface area (Å²) in [5.74, 6) is 0. The minimum atomic E-state index is -1.11. The highest BCUT2D eigenvalue weighted by atomic mass is 27.0. The highest BCUT2D eigenvalue weighted by Gasteiger charge is 2.26. The minimum Gasteiger partial charge on any atom is -0.396 e. The van der Waals surface area contributed by atoms with Crippen LogP contribution in [0.5, 0.6) is 0 Å². The second-order valence-corrected chi connectivity index (χ2v) is 2.13. The van der Waals surface area contributed by atoms with E-state index in [1.54, 1.807) is 0 Å². The Bertz CT molecular complexity index is 56.5. The molecule has 0 rings (SSSR count). The Morgan fingerprint density at radius 2 is 0.900 bits per heavy atom. The van der Waals surface area contributed by atoms with Crippen LogP contribution in [-0.4, -0.2) is 64.2 Å². The number of aliphatic hydroxyl groups is 4. The first-order valence-corrected chi connectivity index (χ1v) is 2.68. The average Bonchev–Trinajstić information content (AvgIpc) is 1.95. The summed E-state index contributed by atoms with van der Waals surface area (Å²) in [6.45, 7) is -1.62. The maximum Gasteiger partial charge on any atom is 0.187 e. The van der Waals surface area contributed by atoms with Crippen molar-refractivity contribution in [3.05, 3.63) is 0 Å². The second kappa shape index (κ2) is 6.11. The van der Waals surface area contributed by atoms with Crippen LogP contribution in [0.2, 0.25) is 0 Å². The van der Waals surface area contributed by atoms with Gasteiger partial charge in [0.25, 0.3) is 0 Å². The molecule has 0 aliphatic heterocycles. The number of rotatable bonds is 4. The molecule has 5 heteroatoms. The van der Waals surface area contributed by atoms with Crippen molar-refractivity contribution in [3.8, 4) is 0 Å². The average molecular weight is 166 g/mol. The van der Waals surface area contributed by atoms with E-state index in [4.69, 9.17) is 20.4 Å².